The van der Waals surface area contributed by atoms with Crippen molar-refractivity contribution in [1.82, 2.24) is 0 Å². The van der Waals surface area contributed by atoms with Crippen LogP contribution in [0.2, 0.25) is 0 Å². The van der Waals surface area contributed by atoms with E-state index in [1.54, 1.807) is 0 Å². The lowest BCUT2D eigenvalue weighted by Gasteiger charge is -2.39. The third kappa shape index (κ3) is 4.07. The summed E-state index contributed by atoms with van der Waals surface area (Å²) in [5.74, 6) is 0. The zero-order valence-electron chi connectivity index (χ0n) is 14.2. The third-order valence-electron chi connectivity index (χ3n) is 4.70. The maximum Gasteiger partial charge on any atom is 0.0607 e. The molecule has 0 unspecified atom stereocenters. The first kappa shape index (κ1) is 15.9. The molecular weight excluding hydrogens is 280 g/mol. The number of fused-ring (bicyclic) bond motifs is 1. The standard InChI is InChI=1S/C21H28N2/c1-2-3-4-10-15-22-16-17-23(18-19-11-6-5-7-12-19)21-14-9-8-13-20(21)22/h5-9,11-14H,2-4,10,15-18H2,1H3. The van der Waals surface area contributed by atoms with Crippen LogP contribution in [0.25, 0.3) is 0 Å². The summed E-state index contributed by atoms with van der Waals surface area (Å²) in [7, 11) is 0. The Bertz CT molecular complexity index is 594. The number of hydrogen-bond acceptors (Lipinski definition) is 2. The highest BCUT2D eigenvalue weighted by Gasteiger charge is 2.21. The number of anilines is 2. The van der Waals surface area contributed by atoms with E-state index in [1.807, 2.05) is 0 Å². The first-order valence-electron chi connectivity index (χ1n) is 9.01. The molecule has 0 saturated heterocycles. The van der Waals surface area contributed by atoms with Crippen LogP contribution in [0, 0.1) is 0 Å². The summed E-state index contributed by atoms with van der Waals surface area (Å²) in [6.45, 7) is 6.71. The van der Waals surface area contributed by atoms with Crippen molar-refractivity contribution in [1.29, 1.82) is 0 Å². The Labute approximate surface area is 140 Å². The van der Waals surface area contributed by atoms with Gasteiger partial charge in [-0.1, -0.05) is 68.7 Å². The van der Waals surface area contributed by atoms with Gasteiger partial charge in [-0.15, -0.1) is 0 Å². The van der Waals surface area contributed by atoms with Gasteiger partial charge in [0.25, 0.3) is 0 Å². The van der Waals surface area contributed by atoms with E-state index >= 15 is 0 Å². The second kappa shape index (κ2) is 8.05. The van der Waals surface area contributed by atoms with Crippen LogP contribution in [0.4, 0.5) is 11.4 Å². The van der Waals surface area contributed by atoms with Gasteiger partial charge in [-0.05, 0) is 24.1 Å². The molecule has 0 amide bonds. The molecule has 122 valence electrons. The van der Waals surface area contributed by atoms with Crippen LogP contribution in [0.3, 0.4) is 0 Å². The third-order valence-corrected chi connectivity index (χ3v) is 4.70. The molecule has 0 bridgehead atoms. The fourth-order valence-corrected chi connectivity index (χ4v) is 3.41. The van der Waals surface area contributed by atoms with Crippen LogP contribution in [0.1, 0.15) is 38.2 Å². The van der Waals surface area contributed by atoms with E-state index in [4.69, 9.17) is 0 Å². The fourth-order valence-electron chi connectivity index (χ4n) is 3.41. The Morgan fingerprint density at radius 2 is 1.39 bits per heavy atom. The second-order valence-electron chi connectivity index (χ2n) is 6.44. The Morgan fingerprint density at radius 1 is 0.739 bits per heavy atom. The monoisotopic (exact) mass is 308 g/mol. The molecule has 0 spiro atoms. The summed E-state index contributed by atoms with van der Waals surface area (Å²) < 4.78 is 0. The smallest absolute Gasteiger partial charge is 0.0607 e. The molecule has 2 aromatic carbocycles. The lowest BCUT2D eigenvalue weighted by Crippen LogP contribution is -2.41. The van der Waals surface area contributed by atoms with E-state index in [9.17, 15) is 0 Å². The summed E-state index contributed by atoms with van der Waals surface area (Å²) in [6, 6.07) is 19.7. The molecule has 2 heteroatoms. The highest BCUT2D eigenvalue weighted by atomic mass is 15.3. The van der Waals surface area contributed by atoms with Crippen LogP contribution in [-0.4, -0.2) is 19.6 Å². The van der Waals surface area contributed by atoms with Crippen molar-refractivity contribution < 1.29 is 0 Å². The minimum absolute atomic E-state index is 1.00. The summed E-state index contributed by atoms with van der Waals surface area (Å²) in [6.07, 6.45) is 5.32. The maximum absolute atomic E-state index is 2.58. The van der Waals surface area contributed by atoms with Crippen molar-refractivity contribution in [2.45, 2.75) is 39.2 Å². The quantitative estimate of drug-likeness (QED) is 0.657. The van der Waals surface area contributed by atoms with Crippen LogP contribution in [-0.2, 0) is 6.54 Å². The average molecular weight is 308 g/mol. The van der Waals surface area contributed by atoms with Crippen LogP contribution in [0.5, 0.6) is 0 Å². The van der Waals surface area contributed by atoms with E-state index in [0.717, 1.165) is 19.6 Å². The molecule has 2 nitrogen and oxygen atoms in total. The van der Waals surface area contributed by atoms with Gasteiger partial charge in [0, 0.05) is 26.2 Å². The van der Waals surface area contributed by atoms with Gasteiger partial charge in [0.15, 0.2) is 0 Å². The first-order chi connectivity index (χ1) is 11.4. The van der Waals surface area contributed by atoms with Crippen molar-refractivity contribution in [3.8, 4) is 0 Å². The van der Waals surface area contributed by atoms with Gasteiger partial charge in [-0.2, -0.15) is 0 Å². The lowest BCUT2D eigenvalue weighted by atomic mass is 10.1. The summed E-state index contributed by atoms with van der Waals surface area (Å²) in [5.41, 5.74) is 4.18. The molecule has 0 fully saturated rings. The molecule has 0 aliphatic carbocycles. The van der Waals surface area contributed by atoms with Crippen molar-refractivity contribution in [2.24, 2.45) is 0 Å². The van der Waals surface area contributed by atoms with Crippen LogP contribution < -0.4 is 9.80 Å². The number of hydrogen-bond donors (Lipinski definition) is 0. The number of rotatable bonds is 7. The molecule has 1 heterocycles. The van der Waals surface area contributed by atoms with Gasteiger partial charge < -0.3 is 9.80 Å². The average Bonchev–Trinajstić information content (AvgIpc) is 2.61. The molecule has 0 N–H and O–H groups in total. The first-order valence-corrected chi connectivity index (χ1v) is 9.01. The molecule has 3 rings (SSSR count). The van der Waals surface area contributed by atoms with E-state index in [-0.39, 0.29) is 0 Å². The largest absolute Gasteiger partial charge is 0.368 e. The summed E-state index contributed by atoms with van der Waals surface area (Å²) in [4.78, 5) is 5.10. The molecule has 1 aliphatic rings. The minimum atomic E-state index is 1.00. The van der Waals surface area contributed by atoms with Crippen molar-refractivity contribution in [3.05, 3.63) is 60.2 Å². The van der Waals surface area contributed by atoms with Gasteiger partial charge in [-0.25, -0.2) is 0 Å². The van der Waals surface area contributed by atoms with E-state index < -0.39 is 0 Å². The normalized spacial score (nSPS) is 14.0. The van der Waals surface area contributed by atoms with Gasteiger partial charge in [-0.3, -0.25) is 0 Å². The molecule has 0 aromatic heterocycles. The zero-order valence-corrected chi connectivity index (χ0v) is 14.2. The summed E-state index contributed by atoms with van der Waals surface area (Å²) in [5, 5.41) is 0. The van der Waals surface area contributed by atoms with Gasteiger partial charge in [0.05, 0.1) is 11.4 Å². The van der Waals surface area contributed by atoms with Gasteiger partial charge in [0.1, 0.15) is 0 Å². The van der Waals surface area contributed by atoms with Crippen molar-refractivity contribution in [3.63, 3.8) is 0 Å². The minimum Gasteiger partial charge on any atom is -0.368 e. The molecule has 0 radical (unpaired) electrons. The zero-order chi connectivity index (χ0) is 15.9. The van der Waals surface area contributed by atoms with Crippen LogP contribution >= 0.6 is 0 Å². The second-order valence-corrected chi connectivity index (χ2v) is 6.44. The fraction of sp³-hybridized carbons (Fsp3) is 0.429. The Kier molecular flexibility index (Phi) is 5.57. The topological polar surface area (TPSA) is 6.48 Å². The Hall–Kier alpha value is -1.96. The van der Waals surface area contributed by atoms with Gasteiger partial charge >= 0.3 is 0 Å². The number of unbranched alkanes of at least 4 members (excludes halogenated alkanes) is 3. The molecule has 1 aliphatic heterocycles. The van der Waals surface area contributed by atoms with E-state index in [1.165, 1.54) is 49.2 Å². The number of para-hydroxylation sites is 2. The predicted molar refractivity (Wildman–Crippen MR) is 100 cm³/mol. The van der Waals surface area contributed by atoms with Crippen molar-refractivity contribution in [2.75, 3.05) is 29.4 Å². The molecule has 0 atom stereocenters. The van der Waals surface area contributed by atoms with E-state index in [0.29, 0.717) is 0 Å². The van der Waals surface area contributed by atoms with E-state index in [2.05, 4.69) is 71.3 Å². The maximum atomic E-state index is 2.58. The summed E-state index contributed by atoms with van der Waals surface area (Å²) >= 11 is 0. The molecule has 23 heavy (non-hydrogen) atoms. The van der Waals surface area contributed by atoms with Crippen molar-refractivity contribution >= 4 is 11.4 Å². The SMILES string of the molecule is CCCCCCN1CCN(Cc2ccccc2)c2ccccc21. The number of nitrogens with zero attached hydrogens (tertiary/aromatic N) is 2. The highest BCUT2D eigenvalue weighted by molar-refractivity contribution is 5.73. The highest BCUT2D eigenvalue weighted by Crippen LogP contribution is 2.33. The molecule has 2 aromatic rings. The number of benzene rings is 2. The molecular formula is C21H28N2. The molecule has 0 saturated carbocycles. The predicted octanol–water partition coefficient (Wildman–Crippen LogP) is 5.09. The van der Waals surface area contributed by atoms with Crippen LogP contribution in [0.15, 0.2) is 54.6 Å². The Balaban J connectivity index is 1.70. The van der Waals surface area contributed by atoms with Gasteiger partial charge in [0.2, 0.25) is 0 Å². The lowest BCUT2D eigenvalue weighted by molar-refractivity contribution is 0.625. The Morgan fingerprint density at radius 3 is 2.13 bits per heavy atom.